The van der Waals surface area contributed by atoms with Gasteiger partial charge in [0.25, 0.3) is 0 Å². The number of hydrogen-bond donors (Lipinski definition) is 1. The number of amides is 1. The highest BCUT2D eigenvalue weighted by atomic mass is 32.1. The van der Waals surface area contributed by atoms with Crippen LogP contribution in [0, 0.1) is 17.2 Å². The van der Waals surface area contributed by atoms with Gasteiger partial charge in [-0.2, -0.15) is 5.26 Å². The second kappa shape index (κ2) is 6.18. The molecular formula is C14H19N3OS. The SMILES string of the molecule is CC1CCN([C@H](C)C(=O)Nc2sccc2C#N)CC1. The Morgan fingerprint density at radius 1 is 1.58 bits per heavy atom. The van der Waals surface area contributed by atoms with Gasteiger partial charge in [0.2, 0.25) is 5.91 Å². The van der Waals surface area contributed by atoms with Crippen LogP contribution in [0.1, 0.15) is 32.3 Å². The van der Waals surface area contributed by atoms with E-state index in [1.165, 1.54) is 11.3 Å². The lowest BCUT2D eigenvalue weighted by atomic mass is 9.98. The van der Waals surface area contributed by atoms with Crippen molar-refractivity contribution in [1.29, 1.82) is 5.26 Å². The van der Waals surface area contributed by atoms with Gasteiger partial charge in [-0.25, -0.2) is 0 Å². The number of anilines is 1. The van der Waals surface area contributed by atoms with Crippen molar-refractivity contribution in [1.82, 2.24) is 4.90 Å². The Bertz CT molecular complexity index is 483. The highest BCUT2D eigenvalue weighted by Gasteiger charge is 2.25. The number of carbonyl (C=O) groups is 1. The number of nitrogens with one attached hydrogen (secondary N) is 1. The molecule has 1 atom stereocenters. The van der Waals surface area contributed by atoms with Gasteiger partial charge in [-0.3, -0.25) is 9.69 Å². The van der Waals surface area contributed by atoms with Crippen LogP contribution in [0.15, 0.2) is 11.4 Å². The topological polar surface area (TPSA) is 56.1 Å². The van der Waals surface area contributed by atoms with Gasteiger partial charge in [-0.1, -0.05) is 6.92 Å². The minimum absolute atomic E-state index is 0.0199. The molecule has 1 aromatic rings. The van der Waals surface area contributed by atoms with Gasteiger partial charge < -0.3 is 5.32 Å². The molecule has 1 aliphatic heterocycles. The van der Waals surface area contributed by atoms with E-state index in [2.05, 4.69) is 23.2 Å². The molecule has 102 valence electrons. The largest absolute Gasteiger partial charge is 0.315 e. The van der Waals surface area contributed by atoms with Crippen molar-refractivity contribution >= 4 is 22.2 Å². The fraction of sp³-hybridized carbons (Fsp3) is 0.571. The molecule has 2 heterocycles. The monoisotopic (exact) mass is 277 g/mol. The predicted octanol–water partition coefficient (Wildman–Crippen LogP) is 2.68. The summed E-state index contributed by atoms with van der Waals surface area (Å²) in [6, 6.07) is 3.68. The maximum Gasteiger partial charge on any atom is 0.242 e. The summed E-state index contributed by atoms with van der Waals surface area (Å²) in [5.74, 6) is 0.738. The summed E-state index contributed by atoms with van der Waals surface area (Å²) >= 11 is 1.39. The number of hydrogen-bond acceptors (Lipinski definition) is 4. The molecule has 5 heteroatoms. The zero-order valence-electron chi connectivity index (χ0n) is 11.3. The first-order chi connectivity index (χ1) is 9.11. The maximum absolute atomic E-state index is 12.2. The van der Waals surface area contributed by atoms with Gasteiger partial charge in [0.1, 0.15) is 11.1 Å². The van der Waals surface area contributed by atoms with Crippen LogP contribution in [0.3, 0.4) is 0 Å². The summed E-state index contributed by atoms with van der Waals surface area (Å²) < 4.78 is 0. The Morgan fingerprint density at radius 2 is 2.26 bits per heavy atom. The van der Waals surface area contributed by atoms with E-state index in [9.17, 15) is 4.79 Å². The smallest absolute Gasteiger partial charge is 0.242 e. The minimum Gasteiger partial charge on any atom is -0.315 e. The highest BCUT2D eigenvalue weighted by molar-refractivity contribution is 7.14. The lowest BCUT2D eigenvalue weighted by Crippen LogP contribution is -2.45. The Hall–Kier alpha value is -1.38. The van der Waals surface area contributed by atoms with E-state index in [1.54, 1.807) is 6.07 Å². The van der Waals surface area contributed by atoms with Crippen LogP contribution in [0.25, 0.3) is 0 Å². The van der Waals surface area contributed by atoms with Crippen molar-refractivity contribution in [2.24, 2.45) is 5.92 Å². The van der Waals surface area contributed by atoms with E-state index < -0.39 is 0 Å². The molecule has 0 radical (unpaired) electrons. The number of likely N-dealkylation sites (tertiary alicyclic amines) is 1. The van der Waals surface area contributed by atoms with E-state index in [0.29, 0.717) is 10.6 Å². The minimum atomic E-state index is -0.138. The molecular weight excluding hydrogens is 258 g/mol. The van der Waals surface area contributed by atoms with Crippen molar-refractivity contribution in [3.63, 3.8) is 0 Å². The summed E-state index contributed by atoms with van der Waals surface area (Å²) in [5.41, 5.74) is 0.540. The molecule has 1 amide bonds. The lowest BCUT2D eigenvalue weighted by Gasteiger charge is -2.34. The summed E-state index contributed by atoms with van der Waals surface area (Å²) in [6.07, 6.45) is 2.31. The van der Waals surface area contributed by atoms with E-state index in [1.807, 2.05) is 12.3 Å². The summed E-state index contributed by atoms with van der Waals surface area (Å²) in [6.45, 7) is 6.15. The van der Waals surface area contributed by atoms with Gasteiger partial charge >= 0.3 is 0 Å². The molecule has 1 saturated heterocycles. The number of rotatable bonds is 3. The summed E-state index contributed by atoms with van der Waals surface area (Å²) in [4.78, 5) is 14.4. The second-order valence-corrected chi connectivity index (χ2v) is 6.08. The Labute approximate surface area is 118 Å². The first kappa shape index (κ1) is 14.0. The van der Waals surface area contributed by atoms with Crippen LogP contribution in [0.4, 0.5) is 5.00 Å². The van der Waals surface area contributed by atoms with E-state index in [-0.39, 0.29) is 11.9 Å². The molecule has 0 bridgehead atoms. The van der Waals surface area contributed by atoms with Crippen molar-refractivity contribution < 1.29 is 4.79 Å². The molecule has 4 nitrogen and oxygen atoms in total. The fourth-order valence-electron chi connectivity index (χ4n) is 2.29. The average Bonchev–Trinajstić information content (AvgIpc) is 2.86. The van der Waals surface area contributed by atoms with Gasteiger partial charge in [-0.05, 0) is 50.2 Å². The molecule has 0 unspecified atom stereocenters. The van der Waals surface area contributed by atoms with E-state index in [0.717, 1.165) is 31.8 Å². The number of piperidine rings is 1. The second-order valence-electron chi connectivity index (χ2n) is 5.16. The summed E-state index contributed by atoms with van der Waals surface area (Å²) in [5, 5.41) is 14.3. The number of nitrogens with zero attached hydrogens (tertiary/aromatic N) is 2. The lowest BCUT2D eigenvalue weighted by molar-refractivity contribution is -0.121. The quantitative estimate of drug-likeness (QED) is 0.924. The van der Waals surface area contributed by atoms with Crippen molar-refractivity contribution in [2.45, 2.75) is 32.7 Å². The molecule has 1 aromatic heterocycles. The molecule has 0 aliphatic carbocycles. The Kier molecular flexibility index (Phi) is 4.56. The molecule has 2 rings (SSSR count). The van der Waals surface area contributed by atoms with Gasteiger partial charge in [0, 0.05) is 0 Å². The van der Waals surface area contributed by atoms with Crippen LogP contribution in [0.2, 0.25) is 0 Å². The Morgan fingerprint density at radius 3 is 2.89 bits per heavy atom. The molecule has 1 fully saturated rings. The standard InChI is InChI=1S/C14H19N3OS/c1-10-3-6-17(7-4-10)11(2)13(18)16-14-12(9-15)5-8-19-14/h5,8,10-11H,3-4,6-7H2,1-2H3,(H,16,18)/t11-/m1/s1. The third kappa shape index (κ3) is 3.34. The molecule has 19 heavy (non-hydrogen) atoms. The first-order valence-electron chi connectivity index (χ1n) is 6.64. The highest BCUT2D eigenvalue weighted by Crippen LogP contribution is 2.23. The van der Waals surface area contributed by atoms with Gasteiger partial charge in [0.05, 0.1) is 11.6 Å². The normalized spacial score (nSPS) is 18.8. The molecule has 1 aliphatic rings. The van der Waals surface area contributed by atoms with Crippen molar-refractivity contribution in [2.75, 3.05) is 18.4 Å². The zero-order valence-corrected chi connectivity index (χ0v) is 12.2. The number of carbonyl (C=O) groups excluding carboxylic acids is 1. The van der Waals surface area contributed by atoms with E-state index >= 15 is 0 Å². The zero-order chi connectivity index (χ0) is 13.8. The van der Waals surface area contributed by atoms with E-state index in [4.69, 9.17) is 5.26 Å². The molecule has 0 saturated carbocycles. The van der Waals surface area contributed by atoms with Crippen LogP contribution < -0.4 is 5.32 Å². The molecule has 0 spiro atoms. The average molecular weight is 277 g/mol. The number of nitriles is 1. The van der Waals surface area contributed by atoms with Crippen LogP contribution in [-0.4, -0.2) is 29.9 Å². The van der Waals surface area contributed by atoms with Crippen LogP contribution >= 0.6 is 11.3 Å². The Balaban J connectivity index is 1.95. The van der Waals surface area contributed by atoms with Gasteiger partial charge in [0.15, 0.2) is 0 Å². The molecule has 1 N–H and O–H groups in total. The molecule has 0 aromatic carbocycles. The van der Waals surface area contributed by atoms with Crippen LogP contribution in [0.5, 0.6) is 0 Å². The summed E-state index contributed by atoms with van der Waals surface area (Å²) in [7, 11) is 0. The number of thiophene rings is 1. The maximum atomic E-state index is 12.2. The van der Waals surface area contributed by atoms with Gasteiger partial charge in [-0.15, -0.1) is 11.3 Å². The third-order valence-electron chi connectivity index (χ3n) is 3.77. The van der Waals surface area contributed by atoms with Crippen molar-refractivity contribution in [3.8, 4) is 6.07 Å². The predicted molar refractivity (Wildman–Crippen MR) is 77.1 cm³/mol. The first-order valence-corrected chi connectivity index (χ1v) is 7.52. The third-order valence-corrected chi connectivity index (χ3v) is 4.60. The van der Waals surface area contributed by atoms with Crippen LogP contribution in [-0.2, 0) is 4.79 Å². The van der Waals surface area contributed by atoms with Crippen molar-refractivity contribution in [3.05, 3.63) is 17.0 Å². The fourth-order valence-corrected chi connectivity index (χ4v) is 3.03.